The molecule has 1 rings (SSSR count). The van der Waals surface area contributed by atoms with Crippen LogP contribution in [0.15, 0.2) is 0 Å². The van der Waals surface area contributed by atoms with E-state index >= 15 is 0 Å². The standard InChI is InChI=1S/C4H6O2S/c1-3-2-7-4(5)6-3/h3H,2H2,1H3. The Bertz CT molecular complexity index is 91.7. The third-order valence-corrected chi connectivity index (χ3v) is 1.70. The summed E-state index contributed by atoms with van der Waals surface area (Å²) in [7, 11) is 0. The van der Waals surface area contributed by atoms with Gasteiger partial charge in [0.25, 0.3) is 0 Å². The second-order valence-corrected chi connectivity index (χ2v) is 2.44. The zero-order chi connectivity index (χ0) is 5.28. The summed E-state index contributed by atoms with van der Waals surface area (Å²) in [5.74, 6) is 0.818. The summed E-state index contributed by atoms with van der Waals surface area (Å²) >= 11 is 1.24. The average Bonchev–Trinajstić information content (AvgIpc) is 1.87. The smallest absolute Gasteiger partial charge is 0.367 e. The van der Waals surface area contributed by atoms with Crippen molar-refractivity contribution < 1.29 is 9.53 Å². The molecular weight excluding hydrogens is 112 g/mol. The van der Waals surface area contributed by atoms with Crippen molar-refractivity contribution in [3.63, 3.8) is 0 Å². The lowest BCUT2D eigenvalue weighted by Gasteiger charge is -1.93. The van der Waals surface area contributed by atoms with Crippen LogP contribution in [0.2, 0.25) is 0 Å². The van der Waals surface area contributed by atoms with Gasteiger partial charge in [-0.25, -0.2) is 4.79 Å². The molecule has 0 aromatic carbocycles. The van der Waals surface area contributed by atoms with Gasteiger partial charge in [-0.3, -0.25) is 0 Å². The monoisotopic (exact) mass is 118 g/mol. The molecule has 0 aromatic heterocycles. The third kappa shape index (κ3) is 1.09. The summed E-state index contributed by atoms with van der Waals surface area (Å²) in [6.45, 7) is 1.89. The van der Waals surface area contributed by atoms with Gasteiger partial charge in [0.05, 0.1) is 0 Å². The fourth-order valence-electron chi connectivity index (χ4n) is 0.418. The number of rotatable bonds is 0. The highest BCUT2D eigenvalue weighted by molar-refractivity contribution is 8.13. The molecule has 0 amide bonds. The van der Waals surface area contributed by atoms with Crippen LogP contribution in [0.4, 0.5) is 4.79 Å². The number of thioether (sulfide) groups is 1. The zero-order valence-corrected chi connectivity index (χ0v) is 4.83. The van der Waals surface area contributed by atoms with Crippen molar-refractivity contribution in [3.05, 3.63) is 0 Å². The van der Waals surface area contributed by atoms with Crippen molar-refractivity contribution in [1.82, 2.24) is 0 Å². The van der Waals surface area contributed by atoms with Crippen LogP contribution >= 0.6 is 11.8 Å². The van der Waals surface area contributed by atoms with E-state index in [1.807, 2.05) is 6.92 Å². The molecule has 0 radical (unpaired) electrons. The fraction of sp³-hybridized carbons (Fsp3) is 0.750. The van der Waals surface area contributed by atoms with Crippen molar-refractivity contribution in [3.8, 4) is 0 Å². The molecule has 1 atom stereocenters. The highest BCUT2D eigenvalue weighted by Crippen LogP contribution is 2.18. The van der Waals surface area contributed by atoms with Crippen molar-refractivity contribution in [1.29, 1.82) is 0 Å². The Balaban J connectivity index is 2.40. The second kappa shape index (κ2) is 1.74. The number of hydrogen-bond acceptors (Lipinski definition) is 3. The summed E-state index contributed by atoms with van der Waals surface area (Å²) in [5, 5.41) is -0.132. The summed E-state index contributed by atoms with van der Waals surface area (Å²) in [6.07, 6.45) is 0.137. The van der Waals surface area contributed by atoms with E-state index in [2.05, 4.69) is 4.74 Å². The Morgan fingerprint density at radius 2 is 2.71 bits per heavy atom. The number of cyclic esters (lactones) is 1. The second-order valence-electron chi connectivity index (χ2n) is 1.49. The summed E-state index contributed by atoms with van der Waals surface area (Å²) < 4.78 is 4.69. The summed E-state index contributed by atoms with van der Waals surface area (Å²) in [4.78, 5) is 10.2. The zero-order valence-electron chi connectivity index (χ0n) is 4.01. The molecule has 0 aromatic rings. The van der Waals surface area contributed by atoms with E-state index in [9.17, 15) is 4.79 Å². The highest BCUT2D eigenvalue weighted by Gasteiger charge is 2.18. The molecule has 7 heavy (non-hydrogen) atoms. The third-order valence-electron chi connectivity index (χ3n) is 0.733. The van der Waals surface area contributed by atoms with Gasteiger partial charge in [-0.1, -0.05) is 0 Å². The van der Waals surface area contributed by atoms with E-state index in [-0.39, 0.29) is 11.4 Å². The quantitative estimate of drug-likeness (QED) is 0.448. The van der Waals surface area contributed by atoms with E-state index in [1.54, 1.807) is 0 Å². The predicted molar refractivity (Wildman–Crippen MR) is 28.4 cm³/mol. The van der Waals surface area contributed by atoms with E-state index in [4.69, 9.17) is 0 Å². The first kappa shape index (κ1) is 4.97. The van der Waals surface area contributed by atoms with Gasteiger partial charge in [0.2, 0.25) is 0 Å². The van der Waals surface area contributed by atoms with Crippen LogP contribution in [0.3, 0.4) is 0 Å². The van der Waals surface area contributed by atoms with Crippen LogP contribution < -0.4 is 0 Å². The largest absolute Gasteiger partial charge is 0.454 e. The van der Waals surface area contributed by atoms with E-state index in [0.717, 1.165) is 5.75 Å². The first-order valence-electron chi connectivity index (χ1n) is 2.12. The maximum Gasteiger partial charge on any atom is 0.367 e. The molecule has 1 fully saturated rings. The molecule has 1 unspecified atom stereocenters. The molecule has 0 bridgehead atoms. The summed E-state index contributed by atoms with van der Waals surface area (Å²) in [6, 6.07) is 0. The number of hydrogen-bond donors (Lipinski definition) is 0. The van der Waals surface area contributed by atoms with Gasteiger partial charge in [-0.15, -0.1) is 0 Å². The SMILES string of the molecule is CC1CSC(=O)O1. The lowest BCUT2D eigenvalue weighted by atomic mass is 10.5. The van der Waals surface area contributed by atoms with Crippen LogP contribution in [0.1, 0.15) is 6.92 Å². The minimum absolute atomic E-state index is 0.132. The van der Waals surface area contributed by atoms with Crippen LogP contribution in [-0.4, -0.2) is 17.2 Å². The highest BCUT2D eigenvalue weighted by atomic mass is 32.2. The minimum atomic E-state index is -0.132. The van der Waals surface area contributed by atoms with Crippen molar-refractivity contribution >= 4 is 17.1 Å². The number of carbonyl (C=O) groups excluding carboxylic acids is 1. The van der Waals surface area contributed by atoms with Crippen molar-refractivity contribution in [2.75, 3.05) is 5.75 Å². The van der Waals surface area contributed by atoms with Crippen LogP contribution in [0.25, 0.3) is 0 Å². The van der Waals surface area contributed by atoms with E-state index < -0.39 is 0 Å². The molecule has 1 heterocycles. The minimum Gasteiger partial charge on any atom is -0.454 e. The Morgan fingerprint density at radius 1 is 2.00 bits per heavy atom. The average molecular weight is 118 g/mol. The lowest BCUT2D eigenvalue weighted by molar-refractivity contribution is 0.153. The van der Waals surface area contributed by atoms with Gasteiger partial charge in [0.1, 0.15) is 6.10 Å². The Morgan fingerprint density at radius 3 is 2.86 bits per heavy atom. The molecule has 2 nitrogen and oxygen atoms in total. The Labute approximate surface area is 46.2 Å². The molecular formula is C4H6O2S. The van der Waals surface area contributed by atoms with Crippen LogP contribution in [0, 0.1) is 0 Å². The predicted octanol–water partition coefficient (Wildman–Crippen LogP) is 1.26. The molecule has 0 N–H and O–H groups in total. The van der Waals surface area contributed by atoms with Crippen molar-refractivity contribution in [2.45, 2.75) is 13.0 Å². The van der Waals surface area contributed by atoms with Gasteiger partial charge in [-0.05, 0) is 18.7 Å². The van der Waals surface area contributed by atoms with Gasteiger partial charge >= 0.3 is 5.30 Å². The topological polar surface area (TPSA) is 26.3 Å². The molecule has 1 saturated heterocycles. The number of ether oxygens (including phenoxy) is 1. The van der Waals surface area contributed by atoms with Crippen molar-refractivity contribution in [2.24, 2.45) is 0 Å². The first-order valence-corrected chi connectivity index (χ1v) is 3.11. The van der Waals surface area contributed by atoms with E-state index in [0.29, 0.717) is 0 Å². The van der Waals surface area contributed by atoms with Gasteiger partial charge in [0, 0.05) is 5.75 Å². The Hall–Kier alpha value is -0.180. The molecule has 1 aliphatic rings. The molecule has 3 heteroatoms. The van der Waals surface area contributed by atoms with Gasteiger partial charge in [-0.2, -0.15) is 0 Å². The summed E-state index contributed by atoms with van der Waals surface area (Å²) in [5.41, 5.74) is 0. The van der Waals surface area contributed by atoms with Crippen LogP contribution in [-0.2, 0) is 4.74 Å². The first-order chi connectivity index (χ1) is 3.29. The molecule has 0 spiro atoms. The molecule has 0 aliphatic carbocycles. The maximum absolute atomic E-state index is 10.2. The fourth-order valence-corrected chi connectivity index (χ4v) is 1.09. The Kier molecular flexibility index (Phi) is 1.23. The van der Waals surface area contributed by atoms with E-state index in [1.165, 1.54) is 11.8 Å². The maximum atomic E-state index is 10.2. The van der Waals surface area contributed by atoms with Gasteiger partial charge < -0.3 is 4.74 Å². The van der Waals surface area contributed by atoms with Crippen LogP contribution in [0.5, 0.6) is 0 Å². The molecule has 40 valence electrons. The number of carbonyl (C=O) groups is 1. The normalized spacial score (nSPS) is 30.4. The molecule has 1 aliphatic heterocycles. The van der Waals surface area contributed by atoms with Gasteiger partial charge in [0.15, 0.2) is 0 Å². The lowest BCUT2D eigenvalue weighted by Crippen LogP contribution is -2.01. The molecule has 0 saturated carbocycles.